The fourth-order valence-electron chi connectivity index (χ4n) is 2.85. The second-order valence-corrected chi connectivity index (χ2v) is 9.99. The molecule has 1 aromatic carbocycles. The van der Waals surface area contributed by atoms with Gasteiger partial charge in [-0.1, -0.05) is 20.8 Å². The second-order valence-electron chi connectivity index (χ2n) is 8.31. The third-order valence-corrected chi connectivity index (χ3v) is 6.08. The molecular formula is C17H25N3O3S. The van der Waals surface area contributed by atoms with E-state index in [0.29, 0.717) is 12.1 Å². The van der Waals surface area contributed by atoms with E-state index in [4.69, 9.17) is 0 Å². The Kier molecular flexibility index (Phi) is 3.73. The third kappa shape index (κ3) is 3.15. The Labute approximate surface area is 142 Å². The molecule has 0 aliphatic heterocycles. The number of nitrogens with one attached hydrogen (secondary N) is 1. The van der Waals surface area contributed by atoms with Crippen LogP contribution in [0.3, 0.4) is 0 Å². The van der Waals surface area contributed by atoms with E-state index in [2.05, 4.69) is 25.5 Å². The number of rotatable bonds is 4. The fraction of sp³-hybridized carbons (Fsp3) is 0.588. The van der Waals surface area contributed by atoms with E-state index in [0.717, 1.165) is 18.4 Å². The van der Waals surface area contributed by atoms with Gasteiger partial charge in [0.2, 0.25) is 10.0 Å². The summed E-state index contributed by atoms with van der Waals surface area (Å²) in [6.45, 7) is 8.68. The van der Waals surface area contributed by atoms with Gasteiger partial charge in [-0.25, -0.2) is 17.9 Å². The Bertz CT molecular complexity index is 957. The standard InChI is InChI=1S/C17H25N3O3S/c1-16(2,3)11-20-13-7-6-12(10-14(13)19(5)15(20)21)24(22,23)18-17(4)8-9-17/h6-7,10,18H,8-9,11H2,1-5H3. The van der Waals surface area contributed by atoms with Crippen LogP contribution in [0.15, 0.2) is 27.9 Å². The quantitative estimate of drug-likeness (QED) is 0.918. The SMILES string of the molecule is Cn1c(=O)n(CC(C)(C)C)c2ccc(S(=O)(=O)NC3(C)CC3)cc21. The lowest BCUT2D eigenvalue weighted by Gasteiger charge is -2.18. The predicted octanol–water partition coefficient (Wildman–Crippen LogP) is 2.22. The molecule has 1 saturated carbocycles. The van der Waals surface area contributed by atoms with E-state index in [-0.39, 0.29) is 21.5 Å². The minimum atomic E-state index is -3.58. The fourth-order valence-corrected chi connectivity index (χ4v) is 4.34. The number of sulfonamides is 1. The highest BCUT2D eigenvalue weighted by atomic mass is 32.2. The number of hydrogen-bond acceptors (Lipinski definition) is 3. The Morgan fingerprint density at radius 3 is 2.38 bits per heavy atom. The van der Waals surface area contributed by atoms with Crippen molar-refractivity contribution in [3.05, 3.63) is 28.7 Å². The molecule has 1 aliphatic rings. The molecule has 1 aliphatic carbocycles. The summed E-state index contributed by atoms with van der Waals surface area (Å²) < 4.78 is 31.1. The van der Waals surface area contributed by atoms with Gasteiger partial charge in [0.15, 0.2) is 0 Å². The molecule has 0 bridgehead atoms. The number of nitrogens with zero attached hydrogens (tertiary/aromatic N) is 2. The van der Waals surface area contributed by atoms with E-state index in [1.165, 1.54) is 4.57 Å². The van der Waals surface area contributed by atoms with E-state index in [1.54, 1.807) is 29.8 Å². The lowest BCUT2D eigenvalue weighted by molar-refractivity contribution is 0.342. The van der Waals surface area contributed by atoms with Crippen LogP contribution in [0, 0.1) is 5.41 Å². The molecule has 0 unspecified atom stereocenters. The van der Waals surface area contributed by atoms with Crippen molar-refractivity contribution in [3.63, 3.8) is 0 Å². The largest absolute Gasteiger partial charge is 0.328 e. The van der Waals surface area contributed by atoms with Crippen LogP contribution in [0.25, 0.3) is 11.0 Å². The van der Waals surface area contributed by atoms with Crippen molar-refractivity contribution < 1.29 is 8.42 Å². The van der Waals surface area contributed by atoms with Gasteiger partial charge in [-0.05, 0) is 43.4 Å². The average molecular weight is 351 g/mol. The first-order chi connectivity index (χ1) is 10.9. The van der Waals surface area contributed by atoms with Crippen molar-refractivity contribution in [2.45, 2.75) is 57.5 Å². The Morgan fingerprint density at radius 2 is 1.83 bits per heavy atom. The van der Waals surface area contributed by atoms with Crippen molar-refractivity contribution >= 4 is 21.1 Å². The van der Waals surface area contributed by atoms with Crippen LogP contribution in [0.4, 0.5) is 0 Å². The molecule has 7 heteroatoms. The van der Waals surface area contributed by atoms with Crippen LogP contribution in [0.5, 0.6) is 0 Å². The van der Waals surface area contributed by atoms with E-state index in [9.17, 15) is 13.2 Å². The monoisotopic (exact) mass is 351 g/mol. The summed E-state index contributed by atoms with van der Waals surface area (Å²) in [7, 11) is -1.90. The van der Waals surface area contributed by atoms with Crippen molar-refractivity contribution in [3.8, 4) is 0 Å². The number of aryl methyl sites for hydroxylation is 1. The summed E-state index contributed by atoms with van der Waals surface area (Å²) in [5.41, 5.74) is 0.890. The lowest BCUT2D eigenvalue weighted by atomic mass is 9.97. The molecule has 0 radical (unpaired) electrons. The highest BCUT2D eigenvalue weighted by Crippen LogP contribution is 2.36. The molecule has 0 amide bonds. The van der Waals surface area contributed by atoms with E-state index >= 15 is 0 Å². The zero-order valence-corrected chi connectivity index (χ0v) is 15.7. The second kappa shape index (κ2) is 5.20. The maximum atomic E-state index is 12.6. The van der Waals surface area contributed by atoms with Crippen LogP contribution < -0.4 is 10.4 Å². The molecule has 1 aromatic heterocycles. The van der Waals surface area contributed by atoms with Crippen LogP contribution in [0.1, 0.15) is 40.5 Å². The van der Waals surface area contributed by atoms with Gasteiger partial charge in [0.05, 0.1) is 15.9 Å². The molecule has 24 heavy (non-hydrogen) atoms. The van der Waals surface area contributed by atoms with Crippen molar-refractivity contribution in [1.82, 2.24) is 13.9 Å². The molecule has 2 aromatic rings. The normalized spacial score (nSPS) is 17.4. The maximum absolute atomic E-state index is 12.6. The maximum Gasteiger partial charge on any atom is 0.328 e. The predicted molar refractivity (Wildman–Crippen MR) is 94.6 cm³/mol. The molecule has 1 fully saturated rings. The topological polar surface area (TPSA) is 73.1 Å². The minimum Gasteiger partial charge on any atom is -0.295 e. The first kappa shape index (κ1) is 17.2. The van der Waals surface area contributed by atoms with Gasteiger partial charge in [0, 0.05) is 19.1 Å². The molecular weight excluding hydrogens is 326 g/mol. The highest BCUT2D eigenvalue weighted by molar-refractivity contribution is 7.89. The van der Waals surface area contributed by atoms with Crippen LogP contribution in [0.2, 0.25) is 0 Å². The first-order valence-electron chi connectivity index (χ1n) is 8.15. The summed E-state index contributed by atoms with van der Waals surface area (Å²) in [5.74, 6) is 0. The van der Waals surface area contributed by atoms with Gasteiger partial charge in [-0.3, -0.25) is 9.13 Å². The minimum absolute atomic E-state index is 0.0506. The summed E-state index contributed by atoms with van der Waals surface area (Å²) in [5, 5.41) is 0. The zero-order valence-electron chi connectivity index (χ0n) is 14.9. The number of fused-ring (bicyclic) bond motifs is 1. The summed E-state index contributed by atoms with van der Waals surface area (Å²) in [4.78, 5) is 12.7. The van der Waals surface area contributed by atoms with Gasteiger partial charge in [-0.15, -0.1) is 0 Å². The molecule has 1 N–H and O–H groups in total. The molecule has 3 rings (SSSR count). The Hall–Kier alpha value is -1.60. The Morgan fingerprint density at radius 1 is 1.21 bits per heavy atom. The number of benzene rings is 1. The lowest BCUT2D eigenvalue weighted by Crippen LogP contribution is -2.34. The van der Waals surface area contributed by atoms with Crippen LogP contribution in [-0.4, -0.2) is 23.1 Å². The Balaban J connectivity index is 2.09. The number of imidazole rings is 1. The first-order valence-corrected chi connectivity index (χ1v) is 9.64. The smallest absolute Gasteiger partial charge is 0.295 e. The molecule has 132 valence electrons. The van der Waals surface area contributed by atoms with Crippen molar-refractivity contribution in [1.29, 1.82) is 0 Å². The van der Waals surface area contributed by atoms with Crippen molar-refractivity contribution in [2.75, 3.05) is 0 Å². The van der Waals surface area contributed by atoms with Gasteiger partial charge in [0.1, 0.15) is 0 Å². The molecule has 6 nitrogen and oxygen atoms in total. The van der Waals surface area contributed by atoms with E-state index < -0.39 is 10.0 Å². The summed E-state index contributed by atoms with van der Waals surface area (Å²) in [6, 6.07) is 4.89. The van der Waals surface area contributed by atoms with Gasteiger partial charge < -0.3 is 0 Å². The number of hydrogen-bond donors (Lipinski definition) is 1. The molecule has 0 saturated heterocycles. The molecule has 0 atom stereocenters. The molecule has 0 spiro atoms. The van der Waals surface area contributed by atoms with Gasteiger partial charge in [0.25, 0.3) is 0 Å². The van der Waals surface area contributed by atoms with Crippen LogP contribution in [-0.2, 0) is 23.6 Å². The summed E-state index contributed by atoms with van der Waals surface area (Å²) in [6.07, 6.45) is 1.71. The summed E-state index contributed by atoms with van der Waals surface area (Å²) >= 11 is 0. The highest BCUT2D eigenvalue weighted by Gasteiger charge is 2.41. The van der Waals surface area contributed by atoms with Gasteiger partial charge >= 0.3 is 5.69 Å². The molecule has 1 heterocycles. The van der Waals surface area contributed by atoms with Crippen molar-refractivity contribution in [2.24, 2.45) is 12.5 Å². The average Bonchev–Trinajstić information content (AvgIpc) is 3.12. The van der Waals surface area contributed by atoms with Gasteiger partial charge in [-0.2, -0.15) is 0 Å². The van der Waals surface area contributed by atoms with E-state index in [1.807, 2.05) is 6.92 Å². The zero-order chi connectivity index (χ0) is 17.9. The number of aromatic nitrogens is 2. The third-order valence-electron chi connectivity index (χ3n) is 4.44. The van der Waals surface area contributed by atoms with Crippen LogP contribution >= 0.6 is 0 Å².